The zero-order valence-electron chi connectivity index (χ0n) is 21.9. The molecule has 1 heterocycles. The quantitative estimate of drug-likeness (QED) is 0.307. The number of carbonyl (C=O) groups is 1. The number of unbranched alkanes of at least 4 members (excludes halogenated alkanes) is 5. The van der Waals surface area contributed by atoms with Gasteiger partial charge in [-0.1, -0.05) is 75.4 Å². The Kier molecular flexibility index (Phi) is 9.58. The Labute approximate surface area is 221 Å². The van der Waals surface area contributed by atoms with Crippen LogP contribution in [0.25, 0.3) is 10.8 Å². The number of benzene rings is 3. The molecule has 0 radical (unpaired) electrons. The van der Waals surface area contributed by atoms with Crippen LogP contribution in [0.2, 0.25) is 0 Å². The molecule has 0 unspecified atom stereocenters. The number of amides is 1. The molecular formula is C30H39N3O3S. The molecule has 198 valence electrons. The average molecular weight is 522 g/mol. The second-order valence-corrected chi connectivity index (χ2v) is 11.6. The zero-order valence-corrected chi connectivity index (χ0v) is 22.7. The lowest BCUT2D eigenvalue weighted by Crippen LogP contribution is -2.35. The predicted molar refractivity (Wildman–Crippen MR) is 152 cm³/mol. The summed E-state index contributed by atoms with van der Waals surface area (Å²) in [5.74, 6) is -0.0480. The molecule has 1 saturated heterocycles. The molecule has 3 aromatic carbocycles. The molecule has 6 nitrogen and oxygen atoms in total. The van der Waals surface area contributed by atoms with Crippen LogP contribution in [0.5, 0.6) is 0 Å². The van der Waals surface area contributed by atoms with Gasteiger partial charge < -0.3 is 9.80 Å². The Balaban J connectivity index is 1.35. The number of sulfonamides is 1. The smallest absolute Gasteiger partial charge is 0.261 e. The van der Waals surface area contributed by atoms with Crippen molar-refractivity contribution in [1.29, 1.82) is 0 Å². The van der Waals surface area contributed by atoms with Gasteiger partial charge >= 0.3 is 0 Å². The van der Waals surface area contributed by atoms with Gasteiger partial charge in [0.15, 0.2) is 0 Å². The highest BCUT2D eigenvalue weighted by molar-refractivity contribution is 7.92. The van der Waals surface area contributed by atoms with E-state index in [1.54, 1.807) is 42.5 Å². The zero-order chi connectivity index (χ0) is 26.1. The van der Waals surface area contributed by atoms with Gasteiger partial charge in [0.1, 0.15) is 0 Å². The van der Waals surface area contributed by atoms with Crippen molar-refractivity contribution in [2.75, 3.05) is 37.4 Å². The molecule has 0 aromatic heterocycles. The van der Waals surface area contributed by atoms with E-state index in [0.29, 0.717) is 17.8 Å². The van der Waals surface area contributed by atoms with Crippen LogP contribution in [-0.2, 0) is 10.0 Å². The van der Waals surface area contributed by atoms with Crippen LogP contribution in [0.3, 0.4) is 0 Å². The van der Waals surface area contributed by atoms with Gasteiger partial charge in [-0.05, 0) is 67.0 Å². The molecule has 4 rings (SSSR count). The average Bonchev–Trinajstić information content (AvgIpc) is 3.15. The van der Waals surface area contributed by atoms with E-state index in [0.717, 1.165) is 43.4 Å². The number of nitrogens with zero attached hydrogens (tertiary/aromatic N) is 2. The van der Waals surface area contributed by atoms with Crippen molar-refractivity contribution in [3.05, 3.63) is 72.3 Å². The molecule has 0 aliphatic carbocycles. The van der Waals surface area contributed by atoms with Gasteiger partial charge in [-0.15, -0.1) is 0 Å². The van der Waals surface area contributed by atoms with Crippen LogP contribution in [0.4, 0.5) is 5.69 Å². The minimum Gasteiger partial charge on any atom is -0.337 e. The van der Waals surface area contributed by atoms with E-state index >= 15 is 0 Å². The fraction of sp³-hybridized carbons (Fsp3) is 0.433. The van der Waals surface area contributed by atoms with E-state index in [-0.39, 0.29) is 10.8 Å². The van der Waals surface area contributed by atoms with Gasteiger partial charge in [0.2, 0.25) is 0 Å². The fourth-order valence-electron chi connectivity index (χ4n) is 4.96. The largest absolute Gasteiger partial charge is 0.337 e. The maximum atomic E-state index is 13.3. The molecule has 37 heavy (non-hydrogen) atoms. The molecule has 1 fully saturated rings. The summed E-state index contributed by atoms with van der Waals surface area (Å²) in [7, 11) is -3.78. The van der Waals surface area contributed by atoms with Crippen molar-refractivity contribution < 1.29 is 13.2 Å². The summed E-state index contributed by atoms with van der Waals surface area (Å²) in [5.41, 5.74) is 0.890. The first-order valence-corrected chi connectivity index (χ1v) is 15.1. The van der Waals surface area contributed by atoms with Crippen LogP contribution in [0, 0.1) is 0 Å². The highest BCUT2D eigenvalue weighted by Gasteiger charge is 2.21. The Morgan fingerprint density at radius 3 is 2.43 bits per heavy atom. The van der Waals surface area contributed by atoms with Gasteiger partial charge in [0.25, 0.3) is 15.9 Å². The lowest BCUT2D eigenvalue weighted by atomic mass is 10.1. The molecule has 0 bridgehead atoms. The second kappa shape index (κ2) is 13.1. The third-order valence-corrected chi connectivity index (χ3v) is 8.48. The standard InChI is InChI=1S/C30H39N3O3S/c1-2-3-4-5-6-9-18-32-19-11-20-33(22-21-32)30(34)27-14-10-15-28(23-27)31-37(35,36)29-17-16-25-12-7-8-13-26(25)24-29/h7-8,10,12-17,23-24,31H,2-6,9,11,18-22H2,1H3. The first-order valence-electron chi connectivity index (χ1n) is 13.6. The third-order valence-electron chi connectivity index (χ3n) is 7.10. The molecule has 0 spiro atoms. The van der Waals surface area contributed by atoms with Gasteiger partial charge in [0.05, 0.1) is 4.90 Å². The topological polar surface area (TPSA) is 69.7 Å². The highest BCUT2D eigenvalue weighted by Crippen LogP contribution is 2.22. The monoisotopic (exact) mass is 521 g/mol. The van der Waals surface area contributed by atoms with Crippen LogP contribution >= 0.6 is 0 Å². The summed E-state index contributed by atoms with van der Waals surface area (Å²) >= 11 is 0. The van der Waals surface area contributed by atoms with E-state index in [1.165, 1.54) is 38.5 Å². The van der Waals surface area contributed by atoms with Crippen molar-refractivity contribution >= 4 is 32.4 Å². The summed E-state index contributed by atoms with van der Waals surface area (Å²) < 4.78 is 28.8. The lowest BCUT2D eigenvalue weighted by Gasteiger charge is -2.22. The minimum atomic E-state index is -3.78. The summed E-state index contributed by atoms with van der Waals surface area (Å²) in [4.78, 5) is 17.9. The molecule has 1 aliphatic rings. The van der Waals surface area contributed by atoms with E-state index in [9.17, 15) is 13.2 Å². The molecule has 7 heteroatoms. The van der Waals surface area contributed by atoms with Crippen molar-refractivity contribution in [3.63, 3.8) is 0 Å². The van der Waals surface area contributed by atoms with E-state index < -0.39 is 10.0 Å². The molecule has 1 amide bonds. The Morgan fingerprint density at radius 2 is 1.59 bits per heavy atom. The van der Waals surface area contributed by atoms with Crippen LogP contribution in [-0.4, -0.2) is 56.8 Å². The number of nitrogens with one attached hydrogen (secondary N) is 1. The van der Waals surface area contributed by atoms with Crippen LogP contribution in [0.15, 0.2) is 71.6 Å². The maximum Gasteiger partial charge on any atom is 0.261 e. The van der Waals surface area contributed by atoms with Crippen LogP contribution < -0.4 is 4.72 Å². The van der Waals surface area contributed by atoms with E-state index in [1.807, 2.05) is 29.2 Å². The number of hydrogen-bond acceptors (Lipinski definition) is 4. The highest BCUT2D eigenvalue weighted by atomic mass is 32.2. The fourth-order valence-corrected chi connectivity index (χ4v) is 6.04. The van der Waals surface area contributed by atoms with Gasteiger partial charge in [-0.25, -0.2) is 8.42 Å². The first-order chi connectivity index (χ1) is 18.0. The van der Waals surface area contributed by atoms with Crippen molar-refractivity contribution in [3.8, 4) is 0 Å². The maximum absolute atomic E-state index is 13.3. The minimum absolute atomic E-state index is 0.0480. The number of anilines is 1. The summed E-state index contributed by atoms with van der Waals surface area (Å²) in [6.45, 7) is 6.66. The predicted octanol–water partition coefficient (Wildman–Crippen LogP) is 6.15. The van der Waals surface area contributed by atoms with E-state index in [4.69, 9.17) is 0 Å². The molecule has 1 N–H and O–H groups in total. The summed E-state index contributed by atoms with van der Waals surface area (Å²) in [6, 6.07) is 19.5. The SMILES string of the molecule is CCCCCCCCN1CCCN(C(=O)c2cccc(NS(=O)(=O)c3ccc4ccccc4c3)c2)CC1. The normalized spacial score (nSPS) is 15.0. The van der Waals surface area contributed by atoms with Crippen molar-refractivity contribution in [2.24, 2.45) is 0 Å². The molecule has 0 atom stereocenters. The molecule has 0 saturated carbocycles. The Hall–Kier alpha value is -2.90. The molecule has 1 aliphatic heterocycles. The number of hydrogen-bond donors (Lipinski definition) is 1. The molecule has 3 aromatic rings. The summed E-state index contributed by atoms with van der Waals surface area (Å²) in [6.07, 6.45) is 8.69. The van der Waals surface area contributed by atoms with Crippen molar-refractivity contribution in [1.82, 2.24) is 9.80 Å². The van der Waals surface area contributed by atoms with Gasteiger partial charge in [-0.3, -0.25) is 9.52 Å². The number of rotatable bonds is 11. The third kappa shape index (κ3) is 7.55. The van der Waals surface area contributed by atoms with Crippen molar-refractivity contribution in [2.45, 2.75) is 56.8 Å². The van der Waals surface area contributed by atoms with E-state index in [2.05, 4.69) is 16.5 Å². The number of fused-ring (bicyclic) bond motifs is 1. The Morgan fingerprint density at radius 1 is 0.811 bits per heavy atom. The van der Waals surface area contributed by atoms with Gasteiger partial charge in [-0.2, -0.15) is 0 Å². The molecular weight excluding hydrogens is 482 g/mol. The van der Waals surface area contributed by atoms with Crippen LogP contribution in [0.1, 0.15) is 62.2 Å². The number of carbonyl (C=O) groups excluding carboxylic acids is 1. The summed E-state index contributed by atoms with van der Waals surface area (Å²) in [5, 5.41) is 1.85. The second-order valence-electron chi connectivity index (χ2n) is 9.95. The first kappa shape index (κ1) is 27.1. The van der Waals surface area contributed by atoms with Gasteiger partial charge in [0, 0.05) is 30.9 Å². The lowest BCUT2D eigenvalue weighted by molar-refractivity contribution is 0.0761. The Bertz CT molecular complexity index is 1290.